The van der Waals surface area contributed by atoms with Crippen LogP contribution in [0.25, 0.3) is 0 Å². The summed E-state index contributed by atoms with van der Waals surface area (Å²) in [5.74, 6) is 1.88. The lowest BCUT2D eigenvalue weighted by Gasteiger charge is -2.07. The Bertz CT molecular complexity index is 522. The average molecular weight is 342 g/mol. The zero-order valence-electron chi connectivity index (χ0n) is 15.5. The maximum Gasteiger partial charge on any atom is 0.119 e. The van der Waals surface area contributed by atoms with Crippen LogP contribution in [0.2, 0.25) is 0 Å². The first-order chi connectivity index (χ1) is 12.3. The van der Waals surface area contributed by atoms with E-state index >= 15 is 0 Å². The zero-order valence-corrected chi connectivity index (χ0v) is 15.5. The van der Waals surface area contributed by atoms with Crippen LogP contribution >= 0.6 is 0 Å². The van der Waals surface area contributed by atoms with Crippen LogP contribution in [0.1, 0.15) is 37.8 Å². The number of rotatable bonds is 12. The van der Waals surface area contributed by atoms with Crippen molar-refractivity contribution in [1.29, 1.82) is 0 Å². The summed E-state index contributed by atoms with van der Waals surface area (Å²) >= 11 is 0. The van der Waals surface area contributed by atoms with E-state index in [2.05, 4.69) is 24.3 Å². The second-order valence-electron chi connectivity index (χ2n) is 5.97. The molecule has 3 heteroatoms. The van der Waals surface area contributed by atoms with E-state index in [1.165, 1.54) is 11.1 Å². The van der Waals surface area contributed by atoms with Crippen molar-refractivity contribution in [2.24, 2.45) is 0 Å². The summed E-state index contributed by atoms with van der Waals surface area (Å²) in [6, 6.07) is 16.7. The summed E-state index contributed by atoms with van der Waals surface area (Å²) in [5, 5.41) is 0. The van der Waals surface area contributed by atoms with Gasteiger partial charge in [-0.1, -0.05) is 24.3 Å². The molecule has 0 heterocycles. The first kappa shape index (κ1) is 19.3. The van der Waals surface area contributed by atoms with Crippen molar-refractivity contribution in [3.05, 3.63) is 59.7 Å². The first-order valence-corrected chi connectivity index (χ1v) is 9.33. The molecule has 2 rings (SSSR count). The second-order valence-corrected chi connectivity index (χ2v) is 5.97. The molecule has 0 amide bonds. The van der Waals surface area contributed by atoms with Gasteiger partial charge in [0.2, 0.25) is 0 Å². The van der Waals surface area contributed by atoms with Gasteiger partial charge in [-0.05, 0) is 74.9 Å². The third kappa shape index (κ3) is 7.61. The lowest BCUT2D eigenvalue weighted by atomic mass is 10.1. The highest BCUT2D eigenvalue weighted by Gasteiger charge is 1.98. The molecule has 3 nitrogen and oxygen atoms in total. The molecule has 25 heavy (non-hydrogen) atoms. The Labute approximate surface area is 151 Å². The highest BCUT2D eigenvalue weighted by Crippen LogP contribution is 2.14. The molecule has 0 atom stereocenters. The maximum atomic E-state index is 5.75. The van der Waals surface area contributed by atoms with Gasteiger partial charge in [-0.3, -0.25) is 0 Å². The molecule has 0 aromatic heterocycles. The topological polar surface area (TPSA) is 27.7 Å². The smallest absolute Gasteiger partial charge is 0.119 e. The quantitative estimate of drug-likeness (QED) is 0.504. The van der Waals surface area contributed by atoms with E-state index in [-0.39, 0.29) is 0 Å². The Morgan fingerprint density at radius 1 is 0.600 bits per heavy atom. The van der Waals surface area contributed by atoms with Gasteiger partial charge < -0.3 is 14.2 Å². The molecule has 0 saturated heterocycles. The van der Waals surface area contributed by atoms with Gasteiger partial charge in [0.25, 0.3) is 0 Å². The predicted octanol–water partition coefficient (Wildman–Crippen LogP) is 5.07. The van der Waals surface area contributed by atoms with Crippen LogP contribution in [0.5, 0.6) is 11.5 Å². The minimum absolute atomic E-state index is 0.712. The Hall–Kier alpha value is -2.00. The minimum Gasteiger partial charge on any atom is -0.494 e. The fourth-order valence-electron chi connectivity index (χ4n) is 2.70. The number of ether oxygens (including phenoxy) is 3. The van der Waals surface area contributed by atoms with Crippen LogP contribution in [0.3, 0.4) is 0 Å². The average Bonchev–Trinajstić information content (AvgIpc) is 2.64. The van der Waals surface area contributed by atoms with Gasteiger partial charge in [-0.15, -0.1) is 0 Å². The van der Waals surface area contributed by atoms with Crippen LogP contribution in [0.15, 0.2) is 48.5 Å². The first-order valence-electron chi connectivity index (χ1n) is 9.33. The van der Waals surface area contributed by atoms with Crippen molar-refractivity contribution in [3.8, 4) is 11.5 Å². The molecular formula is C22H30O3. The molecule has 0 bridgehead atoms. The van der Waals surface area contributed by atoms with Gasteiger partial charge in [0, 0.05) is 13.2 Å². The van der Waals surface area contributed by atoms with Crippen molar-refractivity contribution < 1.29 is 14.2 Å². The van der Waals surface area contributed by atoms with Crippen molar-refractivity contribution >= 4 is 0 Å². The Kier molecular flexibility index (Phi) is 8.92. The van der Waals surface area contributed by atoms with E-state index in [0.29, 0.717) is 13.2 Å². The number of hydrogen-bond acceptors (Lipinski definition) is 3. The van der Waals surface area contributed by atoms with E-state index in [9.17, 15) is 0 Å². The standard InChI is InChI=1S/C22H30O3/c1-3-24-21-13-9-19(10-14-21)7-5-17-23-18-6-8-20-11-15-22(16-12-20)25-4-2/h9-16H,3-8,17-18H2,1-2H3. The molecule has 2 aromatic carbocycles. The van der Waals surface area contributed by atoms with Gasteiger partial charge in [0.15, 0.2) is 0 Å². The van der Waals surface area contributed by atoms with Gasteiger partial charge in [-0.25, -0.2) is 0 Å². The summed E-state index contributed by atoms with van der Waals surface area (Å²) in [5.41, 5.74) is 2.67. The molecule has 136 valence electrons. The lowest BCUT2D eigenvalue weighted by molar-refractivity contribution is 0.130. The number of aryl methyl sites for hydroxylation is 2. The molecule has 0 N–H and O–H groups in total. The molecule has 0 aliphatic carbocycles. The molecule has 0 saturated carbocycles. The normalized spacial score (nSPS) is 10.6. The highest BCUT2D eigenvalue weighted by atomic mass is 16.5. The van der Waals surface area contributed by atoms with Crippen molar-refractivity contribution in [2.45, 2.75) is 39.5 Å². The van der Waals surface area contributed by atoms with Crippen LogP contribution in [-0.4, -0.2) is 26.4 Å². The second kappa shape index (κ2) is 11.5. The fourth-order valence-corrected chi connectivity index (χ4v) is 2.70. The van der Waals surface area contributed by atoms with Crippen LogP contribution in [0.4, 0.5) is 0 Å². The summed E-state index contributed by atoms with van der Waals surface area (Å²) in [6.07, 6.45) is 4.20. The molecule has 2 aromatic rings. The van der Waals surface area contributed by atoms with E-state index in [1.54, 1.807) is 0 Å². The molecular weight excluding hydrogens is 312 g/mol. The molecule has 0 aliphatic rings. The fraction of sp³-hybridized carbons (Fsp3) is 0.455. The van der Waals surface area contributed by atoms with Gasteiger partial charge in [0.1, 0.15) is 11.5 Å². The van der Waals surface area contributed by atoms with E-state index in [1.807, 2.05) is 38.1 Å². The minimum atomic E-state index is 0.712. The summed E-state index contributed by atoms with van der Waals surface area (Å²) in [7, 11) is 0. The number of hydrogen-bond donors (Lipinski definition) is 0. The van der Waals surface area contributed by atoms with Crippen molar-refractivity contribution in [2.75, 3.05) is 26.4 Å². The van der Waals surface area contributed by atoms with E-state index in [4.69, 9.17) is 14.2 Å². The summed E-state index contributed by atoms with van der Waals surface area (Å²) < 4.78 is 16.7. The largest absolute Gasteiger partial charge is 0.494 e. The Balaban J connectivity index is 1.53. The lowest BCUT2D eigenvalue weighted by Crippen LogP contribution is -2.00. The third-order valence-electron chi connectivity index (χ3n) is 3.98. The van der Waals surface area contributed by atoms with Gasteiger partial charge >= 0.3 is 0 Å². The highest BCUT2D eigenvalue weighted by molar-refractivity contribution is 5.28. The van der Waals surface area contributed by atoms with Crippen molar-refractivity contribution in [1.82, 2.24) is 0 Å². The molecule has 0 radical (unpaired) electrons. The summed E-state index contributed by atoms with van der Waals surface area (Å²) in [6.45, 7) is 7.06. The molecule has 0 unspecified atom stereocenters. The molecule has 0 aliphatic heterocycles. The Morgan fingerprint density at radius 3 is 1.36 bits per heavy atom. The van der Waals surface area contributed by atoms with Crippen molar-refractivity contribution in [3.63, 3.8) is 0 Å². The predicted molar refractivity (Wildman–Crippen MR) is 103 cm³/mol. The third-order valence-corrected chi connectivity index (χ3v) is 3.98. The SMILES string of the molecule is CCOc1ccc(CCCOCCCc2ccc(OCC)cc2)cc1. The zero-order chi connectivity index (χ0) is 17.7. The maximum absolute atomic E-state index is 5.75. The number of benzene rings is 2. The van der Waals surface area contributed by atoms with Gasteiger partial charge in [-0.2, -0.15) is 0 Å². The van der Waals surface area contributed by atoms with Crippen LogP contribution in [-0.2, 0) is 17.6 Å². The van der Waals surface area contributed by atoms with E-state index in [0.717, 1.165) is 50.4 Å². The monoisotopic (exact) mass is 342 g/mol. The molecule has 0 spiro atoms. The molecule has 0 fully saturated rings. The Morgan fingerprint density at radius 2 is 1.00 bits per heavy atom. The van der Waals surface area contributed by atoms with Crippen LogP contribution in [0, 0.1) is 0 Å². The summed E-state index contributed by atoms with van der Waals surface area (Å²) in [4.78, 5) is 0. The van der Waals surface area contributed by atoms with Crippen LogP contribution < -0.4 is 9.47 Å². The van der Waals surface area contributed by atoms with E-state index < -0.39 is 0 Å². The van der Waals surface area contributed by atoms with Gasteiger partial charge in [0.05, 0.1) is 13.2 Å².